The van der Waals surface area contributed by atoms with Crippen molar-refractivity contribution in [3.05, 3.63) is 10.8 Å². The molecule has 14 heavy (non-hydrogen) atoms. The van der Waals surface area contributed by atoms with Crippen LogP contribution in [0, 0.1) is 0 Å². The lowest BCUT2D eigenvalue weighted by Crippen LogP contribution is -2.10. The maximum absolute atomic E-state index is 5.05. The summed E-state index contributed by atoms with van der Waals surface area (Å²) in [5, 5.41) is 3.05. The molecule has 1 N–H and O–H groups in total. The van der Waals surface area contributed by atoms with Crippen molar-refractivity contribution in [3.8, 4) is 5.88 Å². The summed E-state index contributed by atoms with van der Waals surface area (Å²) in [4.78, 5) is 8.22. The van der Waals surface area contributed by atoms with Gasteiger partial charge in [0, 0.05) is 13.7 Å². The quantitative estimate of drug-likeness (QED) is 0.811. The summed E-state index contributed by atoms with van der Waals surface area (Å²) in [6.45, 7) is 1.28. The molecule has 0 atom stereocenters. The zero-order valence-electron chi connectivity index (χ0n) is 8.08. The first-order valence-corrected chi connectivity index (χ1v) is 4.86. The summed E-state index contributed by atoms with van der Waals surface area (Å²) >= 11 is 3.21. The topological polar surface area (TPSA) is 56.3 Å². The molecule has 0 aliphatic carbocycles. The van der Waals surface area contributed by atoms with Crippen molar-refractivity contribution < 1.29 is 9.47 Å². The van der Waals surface area contributed by atoms with Crippen molar-refractivity contribution in [2.24, 2.45) is 0 Å². The molecule has 0 spiro atoms. The lowest BCUT2D eigenvalue weighted by atomic mass is 10.5. The van der Waals surface area contributed by atoms with Gasteiger partial charge in [0.25, 0.3) is 5.88 Å². The molecule has 78 valence electrons. The van der Waals surface area contributed by atoms with E-state index in [9.17, 15) is 0 Å². The van der Waals surface area contributed by atoms with Gasteiger partial charge in [-0.3, -0.25) is 0 Å². The molecule has 1 rings (SSSR count). The van der Waals surface area contributed by atoms with Crippen molar-refractivity contribution in [1.82, 2.24) is 9.97 Å². The first kappa shape index (κ1) is 11.2. The Morgan fingerprint density at radius 1 is 1.50 bits per heavy atom. The molecule has 5 nitrogen and oxygen atoms in total. The molecule has 0 aliphatic heterocycles. The van der Waals surface area contributed by atoms with E-state index < -0.39 is 0 Å². The minimum atomic E-state index is 0.468. The van der Waals surface area contributed by atoms with Crippen LogP contribution in [0.3, 0.4) is 0 Å². The lowest BCUT2D eigenvalue weighted by molar-refractivity contribution is 0.210. The fraction of sp³-hybridized carbons (Fsp3) is 0.500. The predicted molar refractivity (Wildman–Crippen MR) is 56.6 cm³/mol. The number of hydrogen-bond acceptors (Lipinski definition) is 5. The zero-order chi connectivity index (χ0) is 10.4. The third-order valence-electron chi connectivity index (χ3n) is 1.50. The molecule has 0 saturated carbocycles. The Morgan fingerprint density at radius 3 is 2.93 bits per heavy atom. The largest absolute Gasteiger partial charge is 0.478 e. The number of nitrogens with zero attached hydrogens (tertiary/aromatic N) is 2. The molecule has 1 heterocycles. The molecule has 0 saturated heterocycles. The molecular formula is C8H12BrN3O2. The van der Waals surface area contributed by atoms with Crippen molar-refractivity contribution in [2.75, 3.05) is 32.7 Å². The van der Waals surface area contributed by atoms with E-state index in [4.69, 9.17) is 9.47 Å². The molecule has 1 aromatic heterocycles. The van der Waals surface area contributed by atoms with E-state index in [0.29, 0.717) is 29.5 Å². The maximum atomic E-state index is 5.05. The van der Waals surface area contributed by atoms with Gasteiger partial charge in [0.1, 0.15) is 4.60 Å². The Hall–Kier alpha value is -0.880. The summed E-state index contributed by atoms with van der Waals surface area (Å²) < 4.78 is 10.6. The third kappa shape index (κ3) is 3.12. The summed E-state index contributed by atoms with van der Waals surface area (Å²) in [6, 6.07) is 0. The molecule has 0 aromatic carbocycles. The summed E-state index contributed by atoms with van der Waals surface area (Å²) in [6.07, 6.45) is 1.61. The van der Waals surface area contributed by atoms with Gasteiger partial charge in [-0.25, -0.2) is 9.97 Å². The van der Waals surface area contributed by atoms with E-state index >= 15 is 0 Å². The molecule has 0 aliphatic rings. The first-order valence-electron chi connectivity index (χ1n) is 4.07. The van der Waals surface area contributed by atoms with Crippen molar-refractivity contribution in [2.45, 2.75) is 0 Å². The number of hydrogen-bond donors (Lipinski definition) is 1. The minimum Gasteiger partial charge on any atom is -0.478 e. The Balaban J connectivity index is 2.65. The van der Waals surface area contributed by atoms with Crippen LogP contribution in [-0.2, 0) is 4.74 Å². The summed E-state index contributed by atoms with van der Waals surface area (Å²) in [7, 11) is 3.20. The van der Waals surface area contributed by atoms with Crippen molar-refractivity contribution in [1.29, 1.82) is 0 Å². The Morgan fingerprint density at radius 2 is 2.29 bits per heavy atom. The highest BCUT2D eigenvalue weighted by atomic mass is 79.9. The van der Waals surface area contributed by atoms with E-state index in [1.54, 1.807) is 20.4 Å². The highest BCUT2D eigenvalue weighted by molar-refractivity contribution is 9.10. The van der Waals surface area contributed by atoms with E-state index in [1.165, 1.54) is 0 Å². The number of aromatic nitrogens is 2. The summed E-state index contributed by atoms with van der Waals surface area (Å²) in [5.41, 5.74) is 0. The van der Waals surface area contributed by atoms with Crippen LogP contribution >= 0.6 is 15.9 Å². The summed E-state index contributed by atoms with van der Waals surface area (Å²) in [5.74, 6) is 1.09. The van der Waals surface area contributed by atoms with E-state index in [0.717, 1.165) is 0 Å². The number of methoxy groups -OCH3 is 2. The number of anilines is 1. The number of rotatable bonds is 5. The second-order valence-electron chi connectivity index (χ2n) is 2.47. The fourth-order valence-corrected chi connectivity index (χ4v) is 1.15. The molecule has 0 amide bonds. The van der Waals surface area contributed by atoms with Gasteiger partial charge in [-0.1, -0.05) is 0 Å². The first-order chi connectivity index (χ1) is 6.77. The van der Waals surface area contributed by atoms with E-state index in [-0.39, 0.29) is 0 Å². The van der Waals surface area contributed by atoms with Crippen molar-refractivity contribution >= 4 is 21.7 Å². The van der Waals surface area contributed by atoms with Gasteiger partial charge in [0.05, 0.1) is 19.9 Å². The van der Waals surface area contributed by atoms with Gasteiger partial charge in [-0.05, 0) is 15.9 Å². The monoisotopic (exact) mass is 261 g/mol. The van der Waals surface area contributed by atoms with Crippen molar-refractivity contribution in [3.63, 3.8) is 0 Å². The maximum Gasteiger partial charge on any atom is 0.258 e. The molecule has 6 heteroatoms. The van der Waals surface area contributed by atoms with Gasteiger partial charge >= 0.3 is 0 Å². The second-order valence-corrected chi connectivity index (χ2v) is 3.28. The number of nitrogens with one attached hydrogen (secondary N) is 1. The van der Waals surface area contributed by atoms with Gasteiger partial charge in [-0.2, -0.15) is 0 Å². The third-order valence-corrected chi connectivity index (χ3v) is 1.89. The SMILES string of the molecule is COCCNc1ncc(Br)nc1OC. The second kappa shape index (κ2) is 5.77. The molecule has 0 radical (unpaired) electrons. The van der Waals surface area contributed by atoms with Crippen LogP contribution < -0.4 is 10.1 Å². The van der Waals surface area contributed by atoms with E-state index in [1.807, 2.05) is 0 Å². The molecule has 0 unspecified atom stereocenters. The van der Waals surface area contributed by atoms with Crippen LogP contribution in [0.15, 0.2) is 10.8 Å². The minimum absolute atomic E-state index is 0.468. The smallest absolute Gasteiger partial charge is 0.258 e. The average Bonchev–Trinajstić information content (AvgIpc) is 2.20. The van der Waals surface area contributed by atoms with Crippen LogP contribution in [0.4, 0.5) is 5.82 Å². The molecule has 0 fully saturated rings. The van der Waals surface area contributed by atoms with Gasteiger partial charge in [0.15, 0.2) is 5.82 Å². The highest BCUT2D eigenvalue weighted by Crippen LogP contribution is 2.20. The Labute approximate surface area is 91.0 Å². The van der Waals surface area contributed by atoms with Crippen LogP contribution in [0.2, 0.25) is 0 Å². The van der Waals surface area contributed by atoms with Gasteiger partial charge < -0.3 is 14.8 Å². The Kier molecular flexibility index (Phi) is 4.61. The molecular weight excluding hydrogens is 250 g/mol. The Bertz CT molecular complexity index is 296. The van der Waals surface area contributed by atoms with Gasteiger partial charge in [-0.15, -0.1) is 0 Å². The standard InChI is InChI=1S/C8H12BrN3O2/c1-13-4-3-10-7-8(14-2)12-6(9)5-11-7/h5H,3-4H2,1-2H3,(H,10,11). The van der Waals surface area contributed by atoms with Crippen LogP contribution in [0.25, 0.3) is 0 Å². The van der Waals surface area contributed by atoms with Gasteiger partial charge in [0.2, 0.25) is 0 Å². The molecule has 0 bridgehead atoms. The highest BCUT2D eigenvalue weighted by Gasteiger charge is 2.05. The van der Waals surface area contributed by atoms with E-state index in [2.05, 4.69) is 31.2 Å². The lowest BCUT2D eigenvalue weighted by Gasteiger charge is -2.08. The number of halogens is 1. The van der Waals surface area contributed by atoms with Crippen LogP contribution in [0.5, 0.6) is 5.88 Å². The fourth-order valence-electron chi connectivity index (χ4n) is 0.887. The van der Waals surface area contributed by atoms with Crippen LogP contribution in [0.1, 0.15) is 0 Å². The predicted octanol–water partition coefficient (Wildman–Crippen LogP) is 1.31. The zero-order valence-corrected chi connectivity index (χ0v) is 9.67. The normalized spacial score (nSPS) is 9.93. The number of ether oxygens (including phenoxy) is 2. The average molecular weight is 262 g/mol. The van der Waals surface area contributed by atoms with Crippen LogP contribution in [-0.4, -0.2) is 37.3 Å². The molecule has 1 aromatic rings.